The first-order valence-electron chi connectivity index (χ1n) is 16.9. The molecule has 6 N–H and O–H groups in total. The fourth-order valence-electron chi connectivity index (χ4n) is 6.12. The van der Waals surface area contributed by atoms with Gasteiger partial charge in [0.05, 0.1) is 25.3 Å². The first-order valence-corrected chi connectivity index (χ1v) is 16.9. The summed E-state index contributed by atoms with van der Waals surface area (Å²) < 4.78 is 5.27. The van der Waals surface area contributed by atoms with E-state index in [2.05, 4.69) is 21.3 Å². The number of hydrogen-bond acceptors (Lipinski definition) is 9. The highest BCUT2D eigenvalue weighted by atomic mass is 16.5. The summed E-state index contributed by atoms with van der Waals surface area (Å²) >= 11 is 0. The number of aliphatic hydroxyl groups is 1. The molecule has 0 aromatic heterocycles. The molecule has 15 heteroatoms. The number of carboxylic acid groups (broad SMARTS) is 1. The average Bonchev–Trinajstić information content (AvgIpc) is 3.49. The molecule has 1 aliphatic carbocycles. The molecule has 2 aliphatic rings. The fraction of sp³-hybridized carbons (Fsp3) is 0.618. The Morgan fingerprint density at radius 2 is 1.63 bits per heavy atom. The molecule has 5 unspecified atom stereocenters. The lowest BCUT2D eigenvalue weighted by Gasteiger charge is -2.34. The van der Waals surface area contributed by atoms with Crippen LogP contribution in [-0.4, -0.2) is 101 Å². The van der Waals surface area contributed by atoms with Crippen LogP contribution in [0, 0.1) is 11.8 Å². The predicted octanol–water partition coefficient (Wildman–Crippen LogP) is 1.19. The number of carboxylic acids is 1. The van der Waals surface area contributed by atoms with Crippen LogP contribution in [0.2, 0.25) is 0 Å². The number of amides is 5. The van der Waals surface area contributed by atoms with Crippen LogP contribution in [0.15, 0.2) is 30.3 Å². The summed E-state index contributed by atoms with van der Waals surface area (Å²) in [5.74, 6) is -5.77. The van der Waals surface area contributed by atoms with E-state index in [0.717, 1.165) is 19.3 Å². The second-order valence-electron chi connectivity index (χ2n) is 13.1. The van der Waals surface area contributed by atoms with Crippen LogP contribution < -0.4 is 21.3 Å². The molecule has 2 fully saturated rings. The molecule has 5 amide bonds. The first-order chi connectivity index (χ1) is 23.3. The van der Waals surface area contributed by atoms with E-state index >= 15 is 0 Å². The largest absolute Gasteiger partial charge is 0.479 e. The van der Waals surface area contributed by atoms with Gasteiger partial charge < -0.3 is 41.1 Å². The molecule has 0 spiro atoms. The van der Waals surface area contributed by atoms with Gasteiger partial charge in [-0.1, -0.05) is 76.8 Å². The molecule has 0 radical (unpaired) electrons. The maximum atomic E-state index is 13.9. The summed E-state index contributed by atoms with van der Waals surface area (Å²) in [4.78, 5) is 91.4. The minimum absolute atomic E-state index is 0.0659. The Morgan fingerprint density at radius 3 is 2.24 bits per heavy atom. The summed E-state index contributed by atoms with van der Waals surface area (Å²) in [6, 6.07) is 3.12. The number of likely N-dealkylation sites (tertiary alicyclic amines) is 1. The Balaban J connectivity index is 1.66. The predicted molar refractivity (Wildman–Crippen MR) is 176 cm³/mol. The molecule has 0 bridgehead atoms. The van der Waals surface area contributed by atoms with Crippen molar-refractivity contribution >= 4 is 41.5 Å². The van der Waals surface area contributed by atoms with Crippen LogP contribution in [-0.2, 0) is 33.5 Å². The third kappa shape index (κ3) is 11.5. The van der Waals surface area contributed by atoms with Crippen LogP contribution in [0.25, 0.3) is 0 Å². The molecule has 1 aromatic carbocycles. The summed E-state index contributed by atoms with van der Waals surface area (Å²) in [5.41, 5.74) is 0.313. The number of aliphatic hydroxyl groups excluding tert-OH is 1. The zero-order valence-electron chi connectivity index (χ0n) is 28.3. The highest BCUT2D eigenvalue weighted by Gasteiger charge is 2.44. The quantitative estimate of drug-likeness (QED) is 0.136. The SMILES string of the molecule is CCCC(NC(=O)C1CC(O)CN1C(=O)C(NC(=O)OCC(C)C)C1CCCCC1)C(=O)C(=O)NCC(=O)NC(C(=O)O)c1ccccc1. The fourth-order valence-corrected chi connectivity index (χ4v) is 6.12. The van der Waals surface area contributed by atoms with Crippen LogP contribution in [0.1, 0.15) is 83.7 Å². The number of β-amino-alcohol motifs (C(OH)–C–C–N with tert-alkyl or cyclic N) is 1. The molecule has 1 aromatic rings. The number of rotatable bonds is 16. The number of nitrogens with one attached hydrogen (secondary N) is 4. The number of Topliss-reactive ketones (excluding diaryl/α,β-unsaturated/α-hetero) is 1. The first kappa shape index (κ1) is 38.9. The third-order valence-corrected chi connectivity index (χ3v) is 8.60. The second kappa shape index (κ2) is 18.9. The highest BCUT2D eigenvalue weighted by Crippen LogP contribution is 2.29. The van der Waals surface area contributed by atoms with Gasteiger partial charge in [-0.3, -0.25) is 24.0 Å². The normalized spacial score (nSPS) is 19.7. The van der Waals surface area contributed by atoms with E-state index in [0.29, 0.717) is 24.8 Å². The van der Waals surface area contributed by atoms with Gasteiger partial charge in [-0.05, 0) is 36.7 Å². The molecule has 1 heterocycles. The topological polar surface area (TPSA) is 221 Å². The number of aliphatic carboxylic acids is 1. The molecule has 5 atom stereocenters. The van der Waals surface area contributed by atoms with Crippen LogP contribution >= 0.6 is 0 Å². The Hall–Kier alpha value is -4.53. The average molecular weight is 688 g/mol. The molecular weight excluding hydrogens is 638 g/mol. The van der Waals surface area contributed by atoms with Crippen LogP contribution in [0.5, 0.6) is 0 Å². The van der Waals surface area contributed by atoms with Crippen molar-refractivity contribution < 1.29 is 48.5 Å². The maximum absolute atomic E-state index is 13.9. The van der Waals surface area contributed by atoms with Gasteiger partial charge in [0.1, 0.15) is 12.1 Å². The van der Waals surface area contributed by atoms with Crippen molar-refractivity contribution in [3.8, 4) is 0 Å². The van der Waals surface area contributed by atoms with E-state index in [1.54, 1.807) is 25.1 Å². The van der Waals surface area contributed by atoms with Crippen molar-refractivity contribution in [3.05, 3.63) is 35.9 Å². The van der Waals surface area contributed by atoms with Crippen molar-refractivity contribution in [2.24, 2.45) is 11.8 Å². The monoisotopic (exact) mass is 687 g/mol. The summed E-state index contributed by atoms with van der Waals surface area (Å²) in [5, 5.41) is 29.8. The molecule has 1 saturated carbocycles. The Labute approximate surface area is 285 Å². The van der Waals surface area contributed by atoms with E-state index in [-0.39, 0.29) is 37.8 Å². The smallest absolute Gasteiger partial charge is 0.407 e. The standard InChI is InChI=1S/C34H49N5O10/c1-4-11-24(29(42)31(44)35-17-26(41)37-28(33(46)47)22-14-9-6-10-15-22)36-30(43)25-16-23(40)18-39(25)32(45)27(21-12-7-5-8-13-21)38-34(48)49-19-20(2)3/h6,9-10,14-15,20-21,23-25,27-28,40H,4-5,7-8,11-13,16-19H2,1-3H3,(H,35,44)(H,36,43)(H,37,41)(H,38,48)(H,46,47). The summed E-state index contributed by atoms with van der Waals surface area (Å²) in [6.45, 7) is 4.80. The van der Waals surface area contributed by atoms with Crippen molar-refractivity contribution in [1.29, 1.82) is 0 Å². The van der Waals surface area contributed by atoms with Gasteiger partial charge in [-0.25, -0.2) is 9.59 Å². The Morgan fingerprint density at radius 1 is 0.959 bits per heavy atom. The minimum Gasteiger partial charge on any atom is -0.479 e. The van der Waals surface area contributed by atoms with Crippen LogP contribution in [0.4, 0.5) is 4.79 Å². The van der Waals surface area contributed by atoms with E-state index < -0.39 is 78.3 Å². The number of ether oxygens (including phenoxy) is 1. The molecule has 3 rings (SSSR count). The van der Waals surface area contributed by atoms with Gasteiger partial charge in [-0.15, -0.1) is 0 Å². The van der Waals surface area contributed by atoms with E-state index in [4.69, 9.17) is 4.74 Å². The number of benzene rings is 1. The Kier molecular flexibility index (Phi) is 15.0. The van der Waals surface area contributed by atoms with E-state index in [1.165, 1.54) is 17.0 Å². The van der Waals surface area contributed by atoms with Gasteiger partial charge >= 0.3 is 12.1 Å². The molecule has 15 nitrogen and oxygen atoms in total. The Bertz CT molecular complexity index is 1330. The third-order valence-electron chi connectivity index (χ3n) is 8.60. The van der Waals surface area contributed by atoms with Crippen LogP contribution in [0.3, 0.4) is 0 Å². The van der Waals surface area contributed by atoms with E-state index in [9.17, 15) is 43.8 Å². The highest BCUT2D eigenvalue weighted by molar-refractivity contribution is 6.38. The number of hydrogen-bond donors (Lipinski definition) is 6. The molecule has 1 aliphatic heterocycles. The lowest BCUT2D eigenvalue weighted by Crippen LogP contribution is -2.58. The molecule has 1 saturated heterocycles. The van der Waals surface area contributed by atoms with Gasteiger partial charge in [0.2, 0.25) is 23.5 Å². The molecular formula is C34H49N5O10. The number of carbonyl (C=O) groups is 7. The number of nitrogens with zero attached hydrogens (tertiary/aromatic N) is 1. The lowest BCUT2D eigenvalue weighted by atomic mass is 9.83. The molecule has 270 valence electrons. The van der Waals surface area contributed by atoms with Crippen molar-refractivity contribution in [1.82, 2.24) is 26.2 Å². The minimum atomic E-state index is -1.38. The second-order valence-corrected chi connectivity index (χ2v) is 13.1. The van der Waals surface area contributed by atoms with Crippen molar-refractivity contribution in [2.75, 3.05) is 19.7 Å². The van der Waals surface area contributed by atoms with Crippen molar-refractivity contribution in [3.63, 3.8) is 0 Å². The lowest BCUT2D eigenvalue weighted by molar-refractivity contribution is -0.144. The van der Waals surface area contributed by atoms with Gasteiger partial charge in [0, 0.05) is 13.0 Å². The molecule has 49 heavy (non-hydrogen) atoms. The zero-order valence-corrected chi connectivity index (χ0v) is 28.3. The summed E-state index contributed by atoms with van der Waals surface area (Å²) in [6.07, 6.45) is 2.71. The number of alkyl carbamates (subject to hydrolysis) is 1. The number of ketones is 1. The summed E-state index contributed by atoms with van der Waals surface area (Å²) in [7, 11) is 0. The van der Waals surface area contributed by atoms with Gasteiger partial charge in [0.25, 0.3) is 5.91 Å². The van der Waals surface area contributed by atoms with Gasteiger partial charge in [0.15, 0.2) is 6.04 Å². The van der Waals surface area contributed by atoms with Crippen molar-refractivity contribution in [2.45, 2.75) is 102 Å². The maximum Gasteiger partial charge on any atom is 0.407 e. The van der Waals surface area contributed by atoms with Gasteiger partial charge in [-0.2, -0.15) is 0 Å². The van der Waals surface area contributed by atoms with E-state index in [1.807, 2.05) is 13.8 Å². The zero-order chi connectivity index (χ0) is 36.1. The number of carbonyl (C=O) groups excluding carboxylic acids is 6.